The molecule has 1 aromatic rings. The molecule has 0 amide bonds. The molecule has 68 valence electrons. The Labute approximate surface area is 79.4 Å². The van der Waals surface area contributed by atoms with E-state index < -0.39 is 0 Å². The molecule has 0 saturated carbocycles. The normalized spacial score (nSPS) is 9.31. The molecule has 0 unspecified atom stereocenters. The van der Waals surface area contributed by atoms with Crippen molar-refractivity contribution in [3.8, 4) is 0 Å². The summed E-state index contributed by atoms with van der Waals surface area (Å²) in [5, 5.41) is 0. The first-order chi connectivity index (χ1) is 6.33. The smallest absolute Gasteiger partial charge is 0.0725 e. The van der Waals surface area contributed by atoms with Gasteiger partial charge in [-0.05, 0) is 18.6 Å². The summed E-state index contributed by atoms with van der Waals surface area (Å²) in [6.07, 6.45) is 1.77. The number of rotatable bonds is 4. The van der Waals surface area contributed by atoms with Crippen LogP contribution < -0.4 is 0 Å². The van der Waals surface area contributed by atoms with Crippen LogP contribution in [0.3, 0.4) is 0 Å². The van der Waals surface area contributed by atoms with Crippen molar-refractivity contribution in [1.82, 2.24) is 0 Å². The maximum Gasteiger partial charge on any atom is 0.0725 e. The van der Waals surface area contributed by atoms with Crippen molar-refractivity contribution < 1.29 is 4.74 Å². The van der Waals surface area contributed by atoms with E-state index in [0.717, 1.165) is 0 Å². The Balaban J connectivity index is 2.37. The average Bonchev–Trinajstić information content (AvgIpc) is 2.15. The van der Waals surface area contributed by atoms with Crippen LogP contribution in [0.1, 0.15) is 11.1 Å². The highest BCUT2D eigenvalue weighted by molar-refractivity contribution is 5.20. The molecule has 0 aliphatic carbocycles. The predicted molar refractivity (Wildman–Crippen MR) is 54.5 cm³/mol. The minimum absolute atomic E-state index is 0.581. The van der Waals surface area contributed by atoms with Crippen LogP contribution in [-0.2, 0) is 11.3 Å². The highest BCUT2D eigenvalue weighted by Gasteiger charge is 1.90. The quantitative estimate of drug-likeness (QED) is 0.504. The molecule has 0 bridgehead atoms. The zero-order valence-corrected chi connectivity index (χ0v) is 7.92. The lowest BCUT2D eigenvalue weighted by molar-refractivity contribution is 0.149. The summed E-state index contributed by atoms with van der Waals surface area (Å²) in [6.45, 7) is 6.76. The lowest BCUT2D eigenvalue weighted by Gasteiger charge is -2.01. The summed E-state index contributed by atoms with van der Waals surface area (Å²) in [5.74, 6) is 0. The van der Waals surface area contributed by atoms with Crippen LogP contribution in [0.15, 0.2) is 42.7 Å². The fraction of sp³-hybridized carbons (Fsp3) is 0.250. The van der Waals surface area contributed by atoms with Gasteiger partial charge in [-0.15, -0.1) is 5.73 Å². The maximum absolute atomic E-state index is 5.34. The predicted octanol–water partition coefficient (Wildman–Crippen LogP) is 2.85. The average molecular weight is 174 g/mol. The van der Waals surface area contributed by atoms with Gasteiger partial charge < -0.3 is 4.74 Å². The molecule has 0 aliphatic rings. The molecule has 0 atom stereocenters. The Kier molecular flexibility index (Phi) is 4.04. The molecule has 0 aromatic heterocycles. The number of benzene rings is 1. The SMILES string of the molecule is C=C=CCOCc1ccc(C)cc1. The first-order valence-corrected chi connectivity index (χ1v) is 4.30. The molecular formula is C12H14O. The molecule has 1 aromatic carbocycles. The molecule has 1 rings (SSSR count). The third kappa shape index (κ3) is 3.75. The van der Waals surface area contributed by atoms with E-state index >= 15 is 0 Å². The van der Waals surface area contributed by atoms with E-state index in [9.17, 15) is 0 Å². The Hall–Kier alpha value is -1.30. The Morgan fingerprint density at radius 1 is 1.38 bits per heavy atom. The lowest BCUT2D eigenvalue weighted by Crippen LogP contribution is -1.92. The van der Waals surface area contributed by atoms with Crippen LogP contribution in [0.25, 0.3) is 0 Å². The van der Waals surface area contributed by atoms with Gasteiger partial charge in [-0.3, -0.25) is 0 Å². The number of hydrogen-bond acceptors (Lipinski definition) is 1. The molecule has 1 heteroatoms. The number of aryl methyl sites for hydroxylation is 1. The molecule has 0 N–H and O–H groups in total. The second-order valence-corrected chi connectivity index (χ2v) is 2.91. The number of ether oxygens (including phenoxy) is 1. The van der Waals surface area contributed by atoms with Gasteiger partial charge in [0, 0.05) is 0 Å². The Morgan fingerprint density at radius 2 is 2.08 bits per heavy atom. The van der Waals surface area contributed by atoms with Gasteiger partial charge in [-0.25, -0.2) is 0 Å². The van der Waals surface area contributed by atoms with Gasteiger partial charge in [0.05, 0.1) is 13.2 Å². The third-order valence-corrected chi connectivity index (χ3v) is 1.73. The molecule has 0 fully saturated rings. The van der Waals surface area contributed by atoms with E-state index in [0.29, 0.717) is 13.2 Å². The van der Waals surface area contributed by atoms with Crippen molar-refractivity contribution in [3.05, 3.63) is 53.8 Å². The monoisotopic (exact) mass is 174 g/mol. The molecule has 0 radical (unpaired) electrons. The Bertz CT molecular complexity index is 291. The second-order valence-electron chi connectivity index (χ2n) is 2.91. The molecule has 1 nitrogen and oxygen atoms in total. The highest BCUT2D eigenvalue weighted by atomic mass is 16.5. The molecule has 13 heavy (non-hydrogen) atoms. The third-order valence-electron chi connectivity index (χ3n) is 1.73. The molecular weight excluding hydrogens is 160 g/mol. The van der Waals surface area contributed by atoms with Gasteiger partial charge >= 0.3 is 0 Å². The minimum Gasteiger partial charge on any atom is -0.372 e. The fourth-order valence-electron chi connectivity index (χ4n) is 0.979. The zero-order chi connectivity index (χ0) is 9.52. The van der Waals surface area contributed by atoms with Crippen LogP contribution in [0.4, 0.5) is 0 Å². The Morgan fingerprint density at radius 3 is 2.69 bits per heavy atom. The second kappa shape index (κ2) is 5.36. The zero-order valence-electron chi connectivity index (χ0n) is 7.92. The molecule has 0 spiro atoms. The topological polar surface area (TPSA) is 9.23 Å². The van der Waals surface area contributed by atoms with Crippen molar-refractivity contribution in [2.24, 2.45) is 0 Å². The first kappa shape index (κ1) is 9.79. The van der Waals surface area contributed by atoms with Gasteiger partial charge in [0.15, 0.2) is 0 Å². The summed E-state index contributed by atoms with van der Waals surface area (Å²) >= 11 is 0. The van der Waals surface area contributed by atoms with Crippen LogP contribution in [0.5, 0.6) is 0 Å². The maximum atomic E-state index is 5.34. The summed E-state index contributed by atoms with van der Waals surface area (Å²) in [7, 11) is 0. The van der Waals surface area contributed by atoms with Gasteiger partial charge in [0.1, 0.15) is 0 Å². The largest absolute Gasteiger partial charge is 0.372 e. The molecule has 0 aliphatic heterocycles. The summed E-state index contributed by atoms with van der Waals surface area (Å²) in [5.41, 5.74) is 5.13. The molecule has 0 saturated heterocycles. The van der Waals surface area contributed by atoms with Crippen LogP contribution in [-0.4, -0.2) is 6.61 Å². The van der Waals surface area contributed by atoms with Crippen LogP contribution in [0.2, 0.25) is 0 Å². The van der Waals surface area contributed by atoms with Gasteiger partial charge in [-0.1, -0.05) is 36.4 Å². The van der Waals surface area contributed by atoms with Crippen LogP contribution >= 0.6 is 0 Å². The highest BCUT2D eigenvalue weighted by Crippen LogP contribution is 2.04. The van der Waals surface area contributed by atoms with Gasteiger partial charge in [-0.2, -0.15) is 0 Å². The van der Waals surface area contributed by atoms with E-state index in [4.69, 9.17) is 4.74 Å². The van der Waals surface area contributed by atoms with Crippen molar-refractivity contribution >= 4 is 0 Å². The standard InChI is InChI=1S/C12H14O/c1-3-4-9-13-10-12-7-5-11(2)6-8-12/h4-8H,1,9-10H2,2H3. The van der Waals surface area contributed by atoms with E-state index in [1.807, 2.05) is 0 Å². The van der Waals surface area contributed by atoms with Crippen molar-refractivity contribution in [2.75, 3.05) is 6.61 Å². The minimum atomic E-state index is 0.581. The summed E-state index contributed by atoms with van der Waals surface area (Å²) < 4.78 is 5.34. The lowest BCUT2D eigenvalue weighted by atomic mass is 10.2. The van der Waals surface area contributed by atoms with Gasteiger partial charge in [0.25, 0.3) is 0 Å². The van der Waals surface area contributed by atoms with Crippen molar-refractivity contribution in [3.63, 3.8) is 0 Å². The van der Waals surface area contributed by atoms with E-state index in [-0.39, 0.29) is 0 Å². The summed E-state index contributed by atoms with van der Waals surface area (Å²) in [4.78, 5) is 0. The molecule has 0 heterocycles. The fourth-order valence-corrected chi connectivity index (χ4v) is 0.979. The number of hydrogen-bond donors (Lipinski definition) is 0. The van der Waals surface area contributed by atoms with Gasteiger partial charge in [0.2, 0.25) is 0 Å². The van der Waals surface area contributed by atoms with E-state index in [2.05, 4.69) is 43.5 Å². The van der Waals surface area contributed by atoms with Crippen molar-refractivity contribution in [2.45, 2.75) is 13.5 Å². The first-order valence-electron chi connectivity index (χ1n) is 4.30. The van der Waals surface area contributed by atoms with Crippen LogP contribution in [0, 0.1) is 6.92 Å². The van der Waals surface area contributed by atoms with E-state index in [1.54, 1.807) is 6.08 Å². The van der Waals surface area contributed by atoms with Crippen molar-refractivity contribution in [1.29, 1.82) is 0 Å². The van der Waals surface area contributed by atoms with E-state index in [1.165, 1.54) is 11.1 Å². The summed E-state index contributed by atoms with van der Waals surface area (Å²) in [6, 6.07) is 8.32.